The predicted octanol–water partition coefficient (Wildman–Crippen LogP) is 3.91. The molecule has 21 heavy (non-hydrogen) atoms. The maximum absolute atomic E-state index is 5.84. The first kappa shape index (κ1) is 15.5. The van der Waals surface area contributed by atoms with Gasteiger partial charge in [0.1, 0.15) is 5.82 Å². The summed E-state index contributed by atoms with van der Waals surface area (Å²) < 4.78 is 0. The summed E-state index contributed by atoms with van der Waals surface area (Å²) in [7, 11) is 2.04. The van der Waals surface area contributed by atoms with Gasteiger partial charge in [-0.3, -0.25) is 0 Å². The largest absolute Gasteiger partial charge is 0.329 e. The van der Waals surface area contributed by atoms with Crippen molar-refractivity contribution < 1.29 is 0 Å². The monoisotopic (exact) mass is 283 g/mol. The molecule has 0 saturated heterocycles. The van der Waals surface area contributed by atoms with Gasteiger partial charge < -0.3 is 10.6 Å². The highest BCUT2D eigenvalue weighted by atomic mass is 15.2. The van der Waals surface area contributed by atoms with Crippen LogP contribution in [0.2, 0.25) is 0 Å². The van der Waals surface area contributed by atoms with Gasteiger partial charge in [0, 0.05) is 30.4 Å². The van der Waals surface area contributed by atoms with Crippen molar-refractivity contribution in [1.82, 2.24) is 4.98 Å². The molecule has 0 saturated carbocycles. The summed E-state index contributed by atoms with van der Waals surface area (Å²) in [5, 5.41) is 0. The quantitative estimate of drug-likeness (QED) is 0.928. The van der Waals surface area contributed by atoms with Crippen molar-refractivity contribution in [2.45, 2.75) is 39.7 Å². The van der Waals surface area contributed by atoms with Crippen molar-refractivity contribution in [3.8, 4) is 0 Å². The van der Waals surface area contributed by atoms with Gasteiger partial charge in [-0.1, -0.05) is 38.5 Å². The third-order valence-corrected chi connectivity index (χ3v) is 3.64. The summed E-state index contributed by atoms with van der Waals surface area (Å²) in [5.74, 6) is 0.937. The van der Waals surface area contributed by atoms with Crippen molar-refractivity contribution in [3.63, 3.8) is 0 Å². The number of anilines is 2. The molecule has 1 heterocycles. The molecule has 0 aliphatic rings. The topological polar surface area (TPSA) is 42.1 Å². The summed E-state index contributed by atoms with van der Waals surface area (Å²) in [6, 6.07) is 12.6. The average molecular weight is 283 g/mol. The Bertz CT molecular complexity index is 609. The minimum Gasteiger partial charge on any atom is -0.329 e. The molecule has 3 heteroatoms. The fourth-order valence-electron chi connectivity index (χ4n) is 2.15. The molecule has 0 unspecified atom stereocenters. The maximum atomic E-state index is 5.84. The molecule has 1 aromatic heterocycles. The number of pyridine rings is 1. The Morgan fingerprint density at radius 3 is 2.24 bits per heavy atom. The Balaban J connectivity index is 2.45. The van der Waals surface area contributed by atoms with E-state index in [1.165, 1.54) is 5.56 Å². The van der Waals surface area contributed by atoms with E-state index >= 15 is 0 Å². The number of nitrogens with two attached hydrogens (primary N) is 1. The van der Waals surface area contributed by atoms with E-state index in [1.807, 2.05) is 7.05 Å². The molecular weight excluding hydrogens is 258 g/mol. The van der Waals surface area contributed by atoms with E-state index in [-0.39, 0.29) is 5.41 Å². The first-order valence-electron chi connectivity index (χ1n) is 7.33. The Morgan fingerprint density at radius 1 is 1.10 bits per heavy atom. The van der Waals surface area contributed by atoms with Crippen LogP contribution in [0.1, 0.15) is 37.6 Å². The molecule has 2 aromatic rings. The second kappa shape index (κ2) is 5.86. The molecule has 0 atom stereocenters. The van der Waals surface area contributed by atoms with Crippen molar-refractivity contribution in [3.05, 3.63) is 53.2 Å². The first-order chi connectivity index (χ1) is 9.81. The van der Waals surface area contributed by atoms with Crippen LogP contribution in [0.15, 0.2) is 36.4 Å². The fourth-order valence-corrected chi connectivity index (χ4v) is 2.15. The van der Waals surface area contributed by atoms with Crippen LogP contribution in [0, 0.1) is 6.92 Å². The second-order valence-corrected chi connectivity index (χ2v) is 6.57. The van der Waals surface area contributed by atoms with E-state index in [2.05, 4.69) is 69.0 Å². The van der Waals surface area contributed by atoms with Crippen LogP contribution in [-0.2, 0) is 12.0 Å². The molecule has 0 bridgehead atoms. The minimum absolute atomic E-state index is 0.00798. The highest BCUT2D eigenvalue weighted by Gasteiger charge is 2.18. The van der Waals surface area contributed by atoms with Gasteiger partial charge in [-0.05, 0) is 36.8 Å². The molecule has 3 nitrogen and oxygen atoms in total. The zero-order valence-corrected chi connectivity index (χ0v) is 13.6. The molecule has 0 radical (unpaired) electrons. The summed E-state index contributed by atoms with van der Waals surface area (Å²) >= 11 is 0. The fraction of sp³-hybridized carbons (Fsp3) is 0.389. The summed E-state index contributed by atoms with van der Waals surface area (Å²) in [5.41, 5.74) is 10.4. The SMILES string of the molecule is Cc1ccc(N(C)c2cc(CN)cc(C(C)(C)C)n2)cc1. The second-order valence-electron chi connectivity index (χ2n) is 6.57. The molecule has 0 amide bonds. The Hall–Kier alpha value is -1.87. The van der Waals surface area contributed by atoms with Gasteiger partial charge in [0.15, 0.2) is 0 Å². The predicted molar refractivity (Wildman–Crippen MR) is 90.1 cm³/mol. The van der Waals surface area contributed by atoms with Gasteiger partial charge in [-0.15, -0.1) is 0 Å². The third-order valence-electron chi connectivity index (χ3n) is 3.64. The number of hydrogen-bond donors (Lipinski definition) is 1. The lowest BCUT2D eigenvalue weighted by Gasteiger charge is -2.24. The third kappa shape index (κ3) is 3.61. The first-order valence-corrected chi connectivity index (χ1v) is 7.33. The number of rotatable bonds is 3. The lowest BCUT2D eigenvalue weighted by atomic mass is 9.90. The van der Waals surface area contributed by atoms with Gasteiger partial charge in [-0.25, -0.2) is 4.98 Å². The normalized spacial score (nSPS) is 11.5. The zero-order chi connectivity index (χ0) is 15.6. The number of hydrogen-bond acceptors (Lipinski definition) is 3. The van der Waals surface area contributed by atoms with E-state index in [9.17, 15) is 0 Å². The van der Waals surface area contributed by atoms with E-state index in [0.717, 1.165) is 22.8 Å². The Kier molecular flexibility index (Phi) is 4.33. The Labute approximate surface area is 127 Å². The number of nitrogens with zero attached hydrogens (tertiary/aromatic N) is 2. The van der Waals surface area contributed by atoms with Crippen LogP contribution in [0.4, 0.5) is 11.5 Å². The minimum atomic E-state index is 0.00798. The molecule has 0 aliphatic carbocycles. The van der Waals surface area contributed by atoms with Gasteiger partial charge >= 0.3 is 0 Å². The highest BCUT2D eigenvalue weighted by molar-refractivity contribution is 5.60. The van der Waals surface area contributed by atoms with Gasteiger partial charge in [-0.2, -0.15) is 0 Å². The van der Waals surface area contributed by atoms with Gasteiger partial charge in [0.25, 0.3) is 0 Å². The molecule has 2 N–H and O–H groups in total. The molecule has 0 aliphatic heterocycles. The van der Waals surface area contributed by atoms with Crippen LogP contribution in [-0.4, -0.2) is 12.0 Å². The highest BCUT2D eigenvalue weighted by Crippen LogP contribution is 2.28. The molecule has 112 valence electrons. The smallest absolute Gasteiger partial charge is 0.133 e. The van der Waals surface area contributed by atoms with Crippen molar-refractivity contribution in [2.24, 2.45) is 5.73 Å². The van der Waals surface area contributed by atoms with Crippen molar-refractivity contribution >= 4 is 11.5 Å². The average Bonchev–Trinajstić information content (AvgIpc) is 2.46. The number of aromatic nitrogens is 1. The standard InChI is InChI=1S/C18H25N3/c1-13-6-8-15(9-7-13)21(5)17-11-14(12-19)10-16(20-17)18(2,3)4/h6-11H,12,19H2,1-5H3. The van der Waals surface area contributed by atoms with Gasteiger partial charge in [0.05, 0.1) is 0 Å². The van der Waals surface area contributed by atoms with Crippen molar-refractivity contribution in [2.75, 3.05) is 11.9 Å². The van der Waals surface area contributed by atoms with Crippen LogP contribution in [0.25, 0.3) is 0 Å². The van der Waals surface area contributed by atoms with Gasteiger partial charge in [0.2, 0.25) is 0 Å². The van der Waals surface area contributed by atoms with Crippen LogP contribution in [0.3, 0.4) is 0 Å². The molecule has 0 spiro atoms. The molecule has 1 aromatic carbocycles. The number of aryl methyl sites for hydroxylation is 1. The summed E-state index contributed by atoms with van der Waals surface area (Å²) in [6.45, 7) is 9.14. The zero-order valence-electron chi connectivity index (χ0n) is 13.6. The summed E-state index contributed by atoms with van der Waals surface area (Å²) in [4.78, 5) is 6.93. The Morgan fingerprint density at radius 2 is 1.71 bits per heavy atom. The molecule has 2 rings (SSSR count). The molecule has 0 fully saturated rings. The van der Waals surface area contributed by atoms with E-state index in [0.29, 0.717) is 6.54 Å². The lowest BCUT2D eigenvalue weighted by molar-refractivity contribution is 0.568. The van der Waals surface area contributed by atoms with Crippen LogP contribution < -0.4 is 10.6 Å². The lowest BCUT2D eigenvalue weighted by Crippen LogP contribution is -2.19. The van der Waals surface area contributed by atoms with E-state index < -0.39 is 0 Å². The van der Waals surface area contributed by atoms with Crippen LogP contribution >= 0.6 is 0 Å². The van der Waals surface area contributed by atoms with Crippen LogP contribution in [0.5, 0.6) is 0 Å². The van der Waals surface area contributed by atoms with E-state index in [4.69, 9.17) is 10.7 Å². The maximum Gasteiger partial charge on any atom is 0.133 e. The molecular formula is C18H25N3. The number of benzene rings is 1. The van der Waals surface area contributed by atoms with E-state index in [1.54, 1.807) is 0 Å². The van der Waals surface area contributed by atoms with Crippen molar-refractivity contribution in [1.29, 1.82) is 0 Å². The summed E-state index contributed by atoms with van der Waals surface area (Å²) in [6.07, 6.45) is 0.